The molecule has 0 N–H and O–H groups in total. The van der Waals surface area contributed by atoms with Gasteiger partial charge in [0.2, 0.25) is 0 Å². The van der Waals surface area contributed by atoms with Crippen molar-refractivity contribution in [2.75, 3.05) is 7.11 Å². The van der Waals surface area contributed by atoms with Crippen molar-refractivity contribution in [3.05, 3.63) is 42.0 Å². The highest BCUT2D eigenvalue weighted by atomic mass is 16.5. The van der Waals surface area contributed by atoms with E-state index in [0.29, 0.717) is 23.7 Å². The predicted octanol–water partition coefficient (Wildman–Crippen LogP) is 1.82. The molecule has 0 radical (unpaired) electrons. The van der Waals surface area contributed by atoms with Gasteiger partial charge in [0.1, 0.15) is 12.9 Å². The second kappa shape index (κ2) is 5.35. The average molecular weight is 246 g/mol. The van der Waals surface area contributed by atoms with Gasteiger partial charge in [-0.15, -0.1) is 0 Å². The lowest BCUT2D eigenvalue weighted by Crippen LogP contribution is -2.02. The Hall–Kier alpha value is -2.30. The first-order chi connectivity index (χ1) is 8.74. The number of aryl methyl sites for hydroxylation is 1. The largest absolute Gasteiger partial charge is 0.493 e. The molecule has 2 aromatic rings. The lowest BCUT2D eigenvalue weighted by Gasteiger charge is -2.11. The zero-order chi connectivity index (χ0) is 13.0. The fourth-order valence-electron chi connectivity index (χ4n) is 1.55. The number of aromatic nitrogens is 2. The lowest BCUT2D eigenvalue weighted by molar-refractivity contribution is 0.112. The van der Waals surface area contributed by atoms with Crippen molar-refractivity contribution in [2.24, 2.45) is 7.05 Å². The van der Waals surface area contributed by atoms with Gasteiger partial charge in [-0.25, -0.2) is 4.98 Å². The predicted molar refractivity (Wildman–Crippen MR) is 65.9 cm³/mol. The van der Waals surface area contributed by atoms with E-state index >= 15 is 0 Å². The number of hydrogen-bond acceptors (Lipinski definition) is 4. The minimum Gasteiger partial charge on any atom is -0.493 e. The highest BCUT2D eigenvalue weighted by molar-refractivity contribution is 5.76. The molecular weight excluding hydrogens is 232 g/mol. The Bertz CT molecular complexity index is 549. The summed E-state index contributed by atoms with van der Waals surface area (Å²) in [5.74, 6) is 1.14. The van der Waals surface area contributed by atoms with Gasteiger partial charge in [0.25, 0.3) is 0 Å². The first-order valence-corrected chi connectivity index (χ1v) is 5.46. The molecule has 0 amide bonds. The van der Waals surface area contributed by atoms with Crippen LogP contribution in [0.3, 0.4) is 0 Å². The zero-order valence-corrected chi connectivity index (χ0v) is 10.3. The minimum atomic E-state index is 0.396. The molecule has 0 aliphatic rings. The fourth-order valence-corrected chi connectivity index (χ4v) is 1.55. The van der Waals surface area contributed by atoms with Crippen LogP contribution in [0.4, 0.5) is 0 Å². The van der Waals surface area contributed by atoms with Gasteiger partial charge < -0.3 is 14.0 Å². The molecule has 0 atom stereocenters. The molecule has 5 heteroatoms. The van der Waals surface area contributed by atoms with E-state index in [-0.39, 0.29) is 0 Å². The second-order valence-electron chi connectivity index (χ2n) is 3.81. The normalized spacial score (nSPS) is 10.1. The van der Waals surface area contributed by atoms with Crippen LogP contribution in [0.25, 0.3) is 0 Å². The highest BCUT2D eigenvalue weighted by Crippen LogP contribution is 2.28. The number of carbonyl (C=O) groups excluding carboxylic acids is 1. The van der Waals surface area contributed by atoms with Crippen LogP contribution in [0.15, 0.2) is 30.7 Å². The standard InChI is InChI=1S/C13H14N2O3/c1-15-9-14-6-11(15)8-18-12-4-3-10(7-16)5-13(12)17-2/h3-7,9H,8H2,1-2H3. The first kappa shape index (κ1) is 12.2. The van der Waals surface area contributed by atoms with Crippen molar-refractivity contribution in [1.29, 1.82) is 0 Å². The molecule has 0 aliphatic carbocycles. The van der Waals surface area contributed by atoms with Crippen molar-refractivity contribution < 1.29 is 14.3 Å². The number of aldehydes is 1. The number of methoxy groups -OCH3 is 1. The summed E-state index contributed by atoms with van der Waals surface area (Å²) in [7, 11) is 3.44. The van der Waals surface area contributed by atoms with Gasteiger partial charge in [0.15, 0.2) is 11.5 Å². The van der Waals surface area contributed by atoms with Crippen molar-refractivity contribution in [3.63, 3.8) is 0 Å². The van der Waals surface area contributed by atoms with E-state index < -0.39 is 0 Å². The molecule has 1 heterocycles. The van der Waals surface area contributed by atoms with Crippen LogP contribution >= 0.6 is 0 Å². The van der Waals surface area contributed by atoms with E-state index in [1.165, 1.54) is 0 Å². The van der Waals surface area contributed by atoms with Crippen molar-refractivity contribution >= 4 is 6.29 Å². The summed E-state index contributed by atoms with van der Waals surface area (Å²) in [6, 6.07) is 5.05. The van der Waals surface area contributed by atoms with Crippen LogP contribution in [0.2, 0.25) is 0 Å². The molecule has 18 heavy (non-hydrogen) atoms. The van der Waals surface area contributed by atoms with Crippen molar-refractivity contribution in [1.82, 2.24) is 9.55 Å². The van der Waals surface area contributed by atoms with Gasteiger partial charge in [0.05, 0.1) is 25.3 Å². The van der Waals surface area contributed by atoms with Crippen LogP contribution in [0.1, 0.15) is 16.1 Å². The molecule has 0 aliphatic heterocycles. The third-order valence-electron chi connectivity index (χ3n) is 2.62. The topological polar surface area (TPSA) is 53.4 Å². The Morgan fingerprint density at radius 3 is 2.83 bits per heavy atom. The summed E-state index contributed by atoms with van der Waals surface area (Å²) in [5, 5.41) is 0. The summed E-state index contributed by atoms with van der Waals surface area (Å²) < 4.78 is 12.7. The smallest absolute Gasteiger partial charge is 0.161 e. The SMILES string of the molecule is COc1cc(C=O)ccc1OCc1cncn1C. The summed E-state index contributed by atoms with van der Waals surface area (Å²) in [4.78, 5) is 14.7. The summed E-state index contributed by atoms with van der Waals surface area (Å²) in [5.41, 5.74) is 1.51. The Morgan fingerprint density at radius 1 is 1.39 bits per heavy atom. The van der Waals surface area contributed by atoms with E-state index in [4.69, 9.17) is 9.47 Å². The van der Waals surface area contributed by atoms with E-state index in [9.17, 15) is 4.79 Å². The number of rotatable bonds is 5. The molecule has 1 aromatic carbocycles. The monoisotopic (exact) mass is 246 g/mol. The molecule has 1 aromatic heterocycles. The van der Waals surface area contributed by atoms with E-state index in [1.807, 2.05) is 11.6 Å². The van der Waals surface area contributed by atoms with E-state index in [2.05, 4.69) is 4.98 Å². The molecule has 0 saturated heterocycles. The van der Waals surface area contributed by atoms with Crippen LogP contribution < -0.4 is 9.47 Å². The molecule has 2 rings (SSSR count). The third kappa shape index (κ3) is 2.51. The molecule has 0 fully saturated rings. The molecule has 0 spiro atoms. The summed E-state index contributed by atoms with van der Waals surface area (Å²) in [6.07, 6.45) is 4.23. The van der Waals surface area contributed by atoms with Gasteiger partial charge in [-0.3, -0.25) is 4.79 Å². The number of benzene rings is 1. The lowest BCUT2D eigenvalue weighted by atomic mass is 10.2. The zero-order valence-electron chi connectivity index (χ0n) is 10.3. The summed E-state index contributed by atoms with van der Waals surface area (Å²) >= 11 is 0. The van der Waals surface area contributed by atoms with E-state index in [1.54, 1.807) is 37.8 Å². The van der Waals surface area contributed by atoms with Crippen LogP contribution in [0, 0.1) is 0 Å². The fraction of sp³-hybridized carbons (Fsp3) is 0.231. The molecule has 0 bridgehead atoms. The Kier molecular flexibility index (Phi) is 3.62. The Labute approximate surface area is 105 Å². The molecule has 0 unspecified atom stereocenters. The molecular formula is C13H14N2O3. The third-order valence-corrected chi connectivity index (χ3v) is 2.62. The number of ether oxygens (including phenoxy) is 2. The second-order valence-corrected chi connectivity index (χ2v) is 3.81. The van der Waals surface area contributed by atoms with Gasteiger partial charge in [0, 0.05) is 12.6 Å². The van der Waals surface area contributed by atoms with Crippen LogP contribution in [-0.2, 0) is 13.7 Å². The maximum absolute atomic E-state index is 10.7. The average Bonchev–Trinajstić information content (AvgIpc) is 2.81. The van der Waals surface area contributed by atoms with E-state index in [0.717, 1.165) is 12.0 Å². The van der Waals surface area contributed by atoms with Gasteiger partial charge in [-0.1, -0.05) is 0 Å². The number of nitrogens with zero attached hydrogens (tertiary/aromatic N) is 2. The van der Waals surface area contributed by atoms with Gasteiger partial charge >= 0.3 is 0 Å². The number of carbonyl (C=O) groups is 1. The highest BCUT2D eigenvalue weighted by Gasteiger charge is 2.07. The molecule has 5 nitrogen and oxygen atoms in total. The van der Waals surface area contributed by atoms with Crippen molar-refractivity contribution in [2.45, 2.75) is 6.61 Å². The van der Waals surface area contributed by atoms with Gasteiger partial charge in [-0.2, -0.15) is 0 Å². The maximum atomic E-state index is 10.7. The minimum absolute atomic E-state index is 0.396. The molecule has 0 saturated carbocycles. The number of hydrogen-bond donors (Lipinski definition) is 0. The Morgan fingerprint density at radius 2 is 2.22 bits per heavy atom. The summed E-state index contributed by atoms with van der Waals surface area (Å²) in [6.45, 7) is 0.396. The van der Waals surface area contributed by atoms with Crippen LogP contribution in [-0.4, -0.2) is 22.9 Å². The van der Waals surface area contributed by atoms with Crippen molar-refractivity contribution in [3.8, 4) is 11.5 Å². The maximum Gasteiger partial charge on any atom is 0.161 e. The van der Waals surface area contributed by atoms with Crippen LogP contribution in [0.5, 0.6) is 11.5 Å². The Balaban J connectivity index is 2.14. The number of imidazole rings is 1. The van der Waals surface area contributed by atoms with Gasteiger partial charge in [-0.05, 0) is 18.2 Å². The first-order valence-electron chi connectivity index (χ1n) is 5.46. The quantitative estimate of drug-likeness (QED) is 0.755. The molecule has 94 valence electrons.